The number of nitrogens with one attached hydrogen (secondary N) is 1. The maximum atomic E-state index is 13.3. The van der Waals surface area contributed by atoms with Crippen LogP contribution in [-0.4, -0.2) is 35.3 Å². The molecular weight excluding hydrogens is 400 g/mol. The van der Waals surface area contributed by atoms with E-state index in [9.17, 15) is 9.59 Å². The Kier molecular flexibility index (Phi) is 6.92. The number of carbonyl (C=O) groups is 2. The fraction of sp³-hybridized carbons (Fsp3) is 0.269. The lowest BCUT2D eigenvalue weighted by Crippen LogP contribution is -2.27. The van der Waals surface area contributed by atoms with Crippen LogP contribution < -0.4 is 10.2 Å². The zero-order valence-corrected chi connectivity index (χ0v) is 18.3. The summed E-state index contributed by atoms with van der Waals surface area (Å²) >= 11 is 0. The molecule has 0 atom stereocenters. The summed E-state index contributed by atoms with van der Waals surface area (Å²) in [6.07, 6.45) is 4.83. The van der Waals surface area contributed by atoms with Gasteiger partial charge in [-0.1, -0.05) is 48.9 Å². The molecule has 0 unspecified atom stereocenters. The van der Waals surface area contributed by atoms with Crippen molar-refractivity contribution in [2.45, 2.75) is 32.2 Å². The van der Waals surface area contributed by atoms with Gasteiger partial charge in [0.2, 0.25) is 5.91 Å². The van der Waals surface area contributed by atoms with Crippen molar-refractivity contribution in [2.24, 2.45) is 0 Å². The summed E-state index contributed by atoms with van der Waals surface area (Å²) in [6.45, 7) is 1.91. The summed E-state index contributed by atoms with van der Waals surface area (Å²) in [5, 5.41) is 2.87. The maximum Gasteiger partial charge on any atom is 0.257 e. The molecule has 1 aliphatic rings. The van der Waals surface area contributed by atoms with Crippen LogP contribution in [-0.2, 0) is 11.3 Å². The molecule has 3 aromatic rings. The Morgan fingerprint density at radius 1 is 0.969 bits per heavy atom. The normalized spacial score (nSPS) is 12.7. The largest absolute Gasteiger partial charge is 0.319 e. The van der Waals surface area contributed by atoms with Gasteiger partial charge >= 0.3 is 0 Å². The van der Waals surface area contributed by atoms with E-state index >= 15 is 0 Å². The average Bonchev–Trinajstić information content (AvgIpc) is 2.93. The fourth-order valence-electron chi connectivity index (χ4n) is 4.01. The van der Waals surface area contributed by atoms with Gasteiger partial charge in [0.05, 0.1) is 16.9 Å². The number of para-hydroxylation sites is 1. The number of amides is 2. The van der Waals surface area contributed by atoms with Crippen LogP contribution in [0, 0.1) is 0 Å². The summed E-state index contributed by atoms with van der Waals surface area (Å²) in [5.74, 6) is 0.191. The van der Waals surface area contributed by atoms with Crippen molar-refractivity contribution in [1.82, 2.24) is 9.88 Å². The van der Waals surface area contributed by atoms with Crippen molar-refractivity contribution in [2.75, 3.05) is 23.8 Å². The van der Waals surface area contributed by atoms with E-state index in [4.69, 9.17) is 0 Å². The van der Waals surface area contributed by atoms with Gasteiger partial charge in [0, 0.05) is 19.2 Å². The molecule has 6 nitrogen and oxygen atoms in total. The van der Waals surface area contributed by atoms with Gasteiger partial charge < -0.3 is 10.2 Å². The first-order valence-corrected chi connectivity index (χ1v) is 11.0. The first kappa shape index (κ1) is 21.7. The number of hydrogen-bond acceptors (Lipinski definition) is 4. The lowest BCUT2D eigenvalue weighted by Gasteiger charge is -2.23. The summed E-state index contributed by atoms with van der Waals surface area (Å²) in [6, 6.07) is 21.1. The molecular formula is C26H28N4O2. The van der Waals surface area contributed by atoms with E-state index in [1.807, 2.05) is 12.1 Å². The van der Waals surface area contributed by atoms with E-state index in [0.717, 1.165) is 32.4 Å². The molecule has 4 rings (SSSR count). The number of carbonyl (C=O) groups excluding carboxylic acids is 2. The fourth-order valence-corrected chi connectivity index (χ4v) is 4.01. The minimum absolute atomic E-state index is 0.0495. The van der Waals surface area contributed by atoms with Crippen LogP contribution in [0.3, 0.4) is 0 Å². The van der Waals surface area contributed by atoms with Crippen LogP contribution in [0.4, 0.5) is 17.2 Å². The Morgan fingerprint density at radius 3 is 2.59 bits per heavy atom. The smallest absolute Gasteiger partial charge is 0.257 e. The molecule has 0 aliphatic carbocycles. The first-order chi connectivity index (χ1) is 15.6. The van der Waals surface area contributed by atoms with Gasteiger partial charge in [0.15, 0.2) is 5.82 Å². The van der Waals surface area contributed by atoms with E-state index in [2.05, 4.69) is 46.5 Å². The summed E-state index contributed by atoms with van der Waals surface area (Å²) in [7, 11) is 2.12. The predicted octanol–water partition coefficient (Wildman–Crippen LogP) is 5.00. The lowest BCUT2D eigenvalue weighted by atomic mass is 10.1. The minimum atomic E-state index is -0.230. The van der Waals surface area contributed by atoms with Gasteiger partial charge in [0.1, 0.15) is 0 Å². The molecule has 0 spiro atoms. The van der Waals surface area contributed by atoms with Crippen molar-refractivity contribution in [3.05, 3.63) is 84.1 Å². The lowest BCUT2D eigenvalue weighted by molar-refractivity contribution is -0.118. The molecule has 2 aromatic carbocycles. The molecule has 0 saturated heterocycles. The standard InChI is InChI=1S/C26H28N4O2/c1-29(19-20-11-4-2-5-12-20)18-9-3-6-16-24(31)30-23-15-8-7-13-21(23)26(32)28-22-14-10-17-27-25(22)30/h2,4-5,7-8,10-15,17H,3,6,9,16,18-19H2,1H3,(H,28,32). The van der Waals surface area contributed by atoms with Crippen LogP contribution in [0.15, 0.2) is 72.9 Å². The number of nitrogens with zero attached hydrogens (tertiary/aromatic N) is 3. The minimum Gasteiger partial charge on any atom is -0.319 e. The zero-order valence-electron chi connectivity index (χ0n) is 18.3. The third-order valence-electron chi connectivity index (χ3n) is 5.61. The molecule has 1 aromatic heterocycles. The second-order valence-corrected chi connectivity index (χ2v) is 8.11. The first-order valence-electron chi connectivity index (χ1n) is 11.0. The molecule has 32 heavy (non-hydrogen) atoms. The monoisotopic (exact) mass is 428 g/mol. The van der Waals surface area contributed by atoms with Gasteiger partial charge in [-0.15, -0.1) is 0 Å². The molecule has 0 saturated carbocycles. The van der Waals surface area contributed by atoms with Crippen molar-refractivity contribution >= 4 is 29.0 Å². The summed E-state index contributed by atoms with van der Waals surface area (Å²) in [4.78, 5) is 34.2. The molecule has 0 bridgehead atoms. The Hall–Kier alpha value is -3.51. The van der Waals surface area contributed by atoms with Crippen molar-refractivity contribution in [1.29, 1.82) is 0 Å². The number of pyridine rings is 1. The van der Waals surface area contributed by atoms with Gasteiger partial charge in [-0.25, -0.2) is 4.98 Å². The van der Waals surface area contributed by atoms with E-state index in [1.165, 1.54) is 5.56 Å². The Bertz CT molecular complexity index is 1080. The van der Waals surface area contributed by atoms with Crippen LogP contribution >= 0.6 is 0 Å². The van der Waals surface area contributed by atoms with E-state index in [1.54, 1.807) is 41.4 Å². The quantitative estimate of drug-likeness (QED) is 0.513. The van der Waals surface area contributed by atoms with Crippen LogP contribution in [0.5, 0.6) is 0 Å². The molecule has 0 radical (unpaired) electrons. The second-order valence-electron chi connectivity index (χ2n) is 8.11. The number of hydrogen-bond donors (Lipinski definition) is 1. The van der Waals surface area contributed by atoms with Gasteiger partial charge in [-0.05, 0) is 56.3 Å². The highest BCUT2D eigenvalue weighted by Gasteiger charge is 2.29. The SMILES string of the molecule is CN(CCCCCC(=O)N1c2ccccc2C(=O)Nc2cccnc21)Cc1ccccc1. The zero-order chi connectivity index (χ0) is 22.3. The molecule has 164 valence electrons. The second kappa shape index (κ2) is 10.2. The van der Waals surface area contributed by atoms with E-state index in [-0.39, 0.29) is 11.8 Å². The van der Waals surface area contributed by atoms with Gasteiger partial charge in [-0.3, -0.25) is 14.5 Å². The number of fused-ring (bicyclic) bond motifs is 2. The molecule has 6 heteroatoms. The number of benzene rings is 2. The Balaban J connectivity index is 1.36. The highest BCUT2D eigenvalue weighted by Crippen LogP contribution is 2.36. The van der Waals surface area contributed by atoms with Crippen LogP contribution in [0.1, 0.15) is 41.6 Å². The van der Waals surface area contributed by atoms with Gasteiger partial charge in [-0.2, -0.15) is 0 Å². The van der Waals surface area contributed by atoms with Crippen molar-refractivity contribution < 1.29 is 9.59 Å². The van der Waals surface area contributed by atoms with Crippen molar-refractivity contribution in [3.8, 4) is 0 Å². The molecule has 1 aliphatic heterocycles. The number of unbranched alkanes of at least 4 members (excludes halogenated alkanes) is 2. The Labute approximate surface area is 188 Å². The Morgan fingerprint density at radius 2 is 1.75 bits per heavy atom. The number of aromatic nitrogens is 1. The highest BCUT2D eigenvalue weighted by molar-refractivity contribution is 6.17. The average molecular weight is 429 g/mol. The summed E-state index contributed by atoms with van der Waals surface area (Å²) in [5.41, 5.74) is 2.90. The highest BCUT2D eigenvalue weighted by atomic mass is 16.2. The van der Waals surface area contributed by atoms with E-state index < -0.39 is 0 Å². The number of anilines is 3. The van der Waals surface area contributed by atoms with Crippen molar-refractivity contribution in [3.63, 3.8) is 0 Å². The molecule has 2 amide bonds. The van der Waals surface area contributed by atoms with Crippen LogP contribution in [0.2, 0.25) is 0 Å². The van der Waals surface area contributed by atoms with Gasteiger partial charge in [0.25, 0.3) is 5.91 Å². The molecule has 0 fully saturated rings. The number of rotatable bonds is 8. The van der Waals surface area contributed by atoms with Crippen LogP contribution in [0.25, 0.3) is 0 Å². The summed E-state index contributed by atoms with van der Waals surface area (Å²) < 4.78 is 0. The van der Waals surface area contributed by atoms with E-state index in [0.29, 0.717) is 29.2 Å². The molecule has 1 N–H and O–H groups in total. The predicted molar refractivity (Wildman–Crippen MR) is 127 cm³/mol. The third kappa shape index (κ3) is 5.03. The molecule has 2 heterocycles. The topological polar surface area (TPSA) is 65.5 Å². The third-order valence-corrected chi connectivity index (χ3v) is 5.61. The maximum absolute atomic E-state index is 13.3.